The van der Waals surface area contributed by atoms with Gasteiger partial charge in [0.15, 0.2) is 5.84 Å². The number of amidine groups is 1. The van der Waals surface area contributed by atoms with Crippen LogP contribution < -0.4 is 4.90 Å². The predicted octanol–water partition coefficient (Wildman–Crippen LogP) is 3.94. The van der Waals surface area contributed by atoms with Gasteiger partial charge in [0.2, 0.25) is 0 Å². The van der Waals surface area contributed by atoms with Crippen LogP contribution in [0.5, 0.6) is 0 Å². The topological polar surface area (TPSA) is 60.6 Å². The van der Waals surface area contributed by atoms with E-state index in [2.05, 4.69) is 21.2 Å². The van der Waals surface area contributed by atoms with E-state index >= 15 is 0 Å². The van der Waals surface area contributed by atoms with Gasteiger partial charge < -0.3 is 10.0 Å². The third-order valence-electron chi connectivity index (χ3n) is 4.96. The summed E-state index contributed by atoms with van der Waals surface area (Å²) in [5.74, 6) is 0.764. The average Bonchev–Trinajstić information content (AvgIpc) is 2.79. The fourth-order valence-corrected chi connectivity index (χ4v) is 3.49. The van der Waals surface area contributed by atoms with E-state index in [1.165, 1.54) is 0 Å². The second-order valence-electron chi connectivity index (χ2n) is 6.73. The van der Waals surface area contributed by atoms with Gasteiger partial charge in [-0.25, -0.2) is 4.99 Å². The first-order chi connectivity index (χ1) is 13.8. The highest BCUT2D eigenvalue weighted by molar-refractivity contribution is 6.54. The van der Waals surface area contributed by atoms with Gasteiger partial charge in [0.05, 0.1) is 30.2 Å². The fourth-order valence-electron chi connectivity index (χ4n) is 3.49. The molecule has 1 N–H and O–H groups in total. The van der Waals surface area contributed by atoms with Crippen LogP contribution >= 0.6 is 0 Å². The van der Waals surface area contributed by atoms with E-state index in [1.807, 2.05) is 72.8 Å². The summed E-state index contributed by atoms with van der Waals surface area (Å²) in [6.45, 7) is 0.644. The van der Waals surface area contributed by atoms with Crippen molar-refractivity contribution in [1.82, 2.24) is 0 Å². The summed E-state index contributed by atoms with van der Waals surface area (Å²) in [7, 11) is 0. The molecule has 0 fully saturated rings. The standard InChI is InChI=1S/C23H18N4O/c28-15-16-10-12-17(13-11-16)20-14-27-21-9-5-4-8-19(21)24-22(23(27)26-25-20)18-6-2-1-3-7-18/h1-13,28H,14-15H2. The van der Waals surface area contributed by atoms with Crippen LogP contribution in [0.1, 0.15) is 16.7 Å². The molecule has 2 aliphatic rings. The smallest absolute Gasteiger partial charge is 0.182 e. The lowest BCUT2D eigenvalue weighted by Crippen LogP contribution is -2.44. The third kappa shape index (κ3) is 2.82. The minimum Gasteiger partial charge on any atom is -0.392 e. The molecule has 0 saturated carbocycles. The maximum atomic E-state index is 9.27. The largest absolute Gasteiger partial charge is 0.392 e. The van der Waals surface area contributed by atoms with Crippen molar-refractivity contribution >= 4 is 28.6 Å². The molecule has 0 aromatic heterocycles. The zero-order valence-electron chi connectivity index (χ0n) is 15.2. The maximum Gasteiger partial charge on any atom is 0.182 e. The molecular formula is C23H18N4O. The second kappa shape index (κ2) is 6.87. The number of aliphatic hydroxyl groups excluding tert-OH is 1. The van der Waals surface area contributed by atoms with E-state index in [9.17, 15) is 5.11 Å². The SMILES string of the molecule is OCc1ccc(C2=NN=C3C(c4ccccc4)=Nc4ccccc4N3C2)cc1. The van der Waals surface area contributed by atoms with Gasteiger partial charge in [-0.15, -0.1) is 5.10 Å². The number of anilines is 1. The minimum absolute atomic E-state index is 0.0332. The van der Waals surface area contributed by atoms with Crippen molar-refractivity contribution in [3.63, 3.8) is 0 Å². The van der Waals surface area contributed by atoms with E-state index in [0.29, 0.717) is 6.54 Å². The van der Waals surface area contributed by atoms with E-state index < -0.39 is 0 Å². The molecule has 28 heavy (non-hydrogen) atoms. The number of nitrogens with zero attached hydrogens (tertiary/aromatic N) is 4. The lowest BCUT2D eigenvalue weighted by Gasteiger charge is -2.33. The third-order valence-corrected chi connectivity index (χ3v) is 4.96. The molecule has 3 aromatic rings. The van der Waals surface area contributed by atoms with Crippen LogP contribution in [0, 0.1) is 0 Å². The lowest BCUT2D eigenvalue weighted by atomic mass is 10.0. The van der Waals surface area contributed by atoms with Gasteiger partial charge in [-0.2, -0.15) is 5.10 Å². The molecule has 0 spiro atoms. The van der Waals surface area contributed by atoms with E-state index in [4.69, 9.17) is 4.99 Å². The summed E-state index contributed by atoms with van der Waals surface area (Å²) in [6.07, 6.45) is 0. The molecule has 0 amide bonds. The van der Waals surface area contributed by atoms with Crippen molar-refractivity contribution in [3.8, 4) is 0 Å². The highest BCUT2D eigenvalue weighted by Crippen LogP contribution is 2.35. The minimum atomic E-state index is 0.0332. The molecule has 3 aromatic carbocycles. The van der Waals surface area contributed by atoms with Gasteiger partial charge in [-0.3, -0.25) is 0 Å². The second-order valence-corrected chi connectivity index (χ2v) is 6.73. The Balaban J connectivity index is 1.61. The molecule has 0 unspecified atom stereocenters. The summed E-state index contributed by atoms with van der Waals surface area (Å²) >= 11 is 0. The van der Waals surface area contributed by atoms with Crippen molar-refractivity contribution in [2.45, 2.75) is 6.61 Å². The Labute approximate surface area is 163 Å². The molecule has 2 heterocycles. The quantitative estimate of drug-likeness (QED) is 0.763. The van der Waals surface area contributed by atoms with Crippen LogP contribution in [0.4, 0.5) is 11.4 Å². The monoisotopic (exact) mass is 366 g/mol. The van der Waals surface area contributed by atoms with Gasteiger partial charge in [0.1, 0.15) is 5.71 Å². The number of hydrogen-bond acceptors (Lipinski definition) is 5. The molecule has 0 atom stereocenters. The van der Waals surface area contributed by atoms with Gasteiger partial charge in [-0.1, -0.05) is 66.7 Å². The van der Waals surface area contributed by atoms with Crippen LogP contribution in [0.3, 0.4) is 0 Å². The Morgan fingerprint density at radius 3 is 2.32 bits per heavy atom. The maximum absolute atomic E-state index is 9.27. The Morgan fingerprint density at radius 2 is 1.54 bits per heavy atom. The molecule has 0 saturated heterocycles. The fraction of sp³-hybridized carbons (Fsp3) is 0.0870. The van der Waals surface area contributed by atoms with Crippen molar-refractivity contribution in [2.75, 3.05) is 11.4 Å². The average molecular weight is 366 g/mol. The number of fused-ring (bicyclic) bond motifs is 3. The lowest BCUT2D eigenvalue weighted by molar-refractivity contribution is 0.282. The van der Waals surface area contributed by atoms with Crippen molar-refractivity contribution in [2.24, 2.45) is 15.2 Å². The van der Waals surface area contributed by atoms with Crippen LogP contribution in [0.15, 0.2) is 94.1 Å². The molecular weight excluding hydrogens is 348 g/mol. The molecule has 5 heteroatoms. The van der Waals surface area contributed by atoms with Gasteiger partial charge in [0.25, 0.3) is 0 Å². The number of rotatable bonds is 3. The highest BCUT2D eigenvalue weighted by atomic mass is 16.3. The number of aliphatic imine (C=N–C) groups is 1. The Bertz CT molecular complexity index is 1110. The molecule has 2 aliphatic heterocycles. The number of benzene rings is 3. The zero-order chi connectivity index (χ0) is 18.9. The van der Waals surface area contributed by atoms with Gasteiger partial charge in [0, 0.05) is 5.56 Å². The molecule has 5 rings (SSSR count). The van der Waals surface area contributed by atoms with Crippen molar-refractivity contribution in [3.05, 3.63) is 95.6 Å². The Hall–Kier alpha value is -3.57. The Kier molecular flexibility index (Phi) is 4.07. The number of para-hydroxylation sites is 2. The van der Waals surface area contributed by atoms with Crippen molar-refractivity contribution in [1.29, 1.82) is 0 Å². The van der Waals surface area contributed by atoms with Crippen molar-refractivity contribution < 1.29 is 5.11 Å². The Morgan fingerprint density at radius 1 is 0.786 bits per heavy atom. The van der Waals surface area contributed by atoms with Gasteiger partial charge >= 0.3 is 0 Å². The molecule has 136 valence electrons. The van der Waals surface area contributed by atoms with Crippen LogP contribution in [-0.2, 0) is 6.61 Å². The van der Waals surface area contributed by atoms with Crippen LogP contribution in [0.2, 0.25) is 0 Å². The molecule has 5 nitrogen and oxygen atoms in total. The highest BCUT2D eigenvalue weighted by Gasteiger charge is 2.30. The summed E-state index contributed by atoms with van der Waals surface area (Å²) in [5, 5.41) is 18.3. The van der Waals surface area contributed by atoms with Gasteiger partial charge in [-0.05, 0) is 23.3 Å². The van der Waals surface area contributed by atoms with Crippen LogP contribution in [-0.4, -0.2) is 28.9 Å². The molecule has 0 bridgehead atoms. The first kappa shape index (κ1) is 16.6. The summed E-state index contributed by atoms with van der Waals surface area (Å²) in [4.78, 5) is 7.04. The normalized spacial score (nSPS) is 15.2. The molecule has 0 aliphatic carbocycles. The van der Waals surface area contributed by atoms with E-state index in [0.717, 1.165) is 45.3 Å². The summed E-state index contributed by atoms with van der Waals surface area (Å²) in [6, 6.07) is 26.0. The van der Waals surface area contributed by atoms with Crippen LogP contribution in [0.25, 0.3) is 0 Å². The first-order valence-corrected chi connectivity index (χ1v) is 9.19. The number of aliphatic hydroxyl groups is 1. The molecule has 0 radical (unpaired) electrons. The summed E-state index contributed by atoms with van der Waals surface area (Å²) < 4.78 is 0. The zero-order valence-corrected chi connectivity index (χ0v) is 15.2. The summed E-state index contributed by atoms with van der Waals surface area (Å²) in [5.41, 5.74) is 6.58. The first-order valence-electron chi connectivity index (χ1n) is 9.19. The van der Waals surface area contributed by atoms with E-state index in [1.54, 1.807) is 0 Å². The predicted molar refractivity (Wildman–Crippen MR) is 113 cm³/mol. The number of hydrogen-bond donors (Lipinski definition) is 1. The van der Waals surface area contributed by atoms with E-state index in [-0.39, 0.29) is 6.61 Å².